The molecule has 2 aromatic heterocycles. The molecule has 0 unspecified atom stereocenters. The van der Waals surface area contributed by atoms with Gasteiger partial charge in [-0.1, -0.05) is 15.9 Å². The fourth-order valence-electron chi connectivity index (χ4n) is 1.81. The Kier molecular flexibility index (Phi) is 2.72. The molecule has 0 aliphatic carbocycles. The van der Waals surface area contributed by atoms with Crippen molar-refractivity contribution >= 4 is 37.5 Å². The summed E-state index contributed by atoms with van der Waals surface area (Å²) in [6.07, 6.45) is 3.88. The molecule has 5 heteroatoms. The third-order valence-corrected chi connectivity index (χ3v) is 3.96. The molecule has 17 heavy (non-hydrogen) atoms. The van der Waals surface area contributed by atoms with Crippen LogP contribution in [0.15, 0.2) is 35.2 Å². The molecule has 3 aromatic rings. The smallest absolute Gasteiger partial charge is 0.0952 e. The molecule has 0 bridgehead atoms. The molecule has 0 aliphatic heterocycles. The molecule has 0 radical (unpaired) electrons. The number of aromatic nitrogens is 3. The summed E-state index contributed by atoms with van der Waals surface area (Å²) < 4.78 is 8.89. The second kappa shape index (κ2) is 4.23. The van der Waals surface area contributed by atoms with E-state index in [1.54, 1.807) is 11.5 Å². The zero-order chi connectivity index (χ0) is 11.8. The summed E-state index contributed by atoms with van der Waals surface area (Å²) in [5.41, 5.74) is 2.13. The molecule has 0 saturated carbocycles. The van der Waals surface area contributed by atoms with Crippen LogP contribution in [0.1, 0.15) is 11.4 Å². The minimum atomic E-state index is 0.775. The zero-order valence-corrected chi connectivity index (χ0v) is 11.6. The van der Waals surface area contributed by atoms with E-state index in [2.05, 4.69) is 42.0 Å². The predicted molar refractivity (Wildman–Crippen MR) is 73.4 cm³/mol. The van der Waals surface area contributed by atoms with Crippen LogP contribution in [0.2, 0.25) is 0 Å². The van der Waals surface area contributed by atoms with Crippen LogP contribution < -0.4 is 0 Å². The van der Waals surface area contributed by atoms with Crippen molar-refractivity contribution in [3.8, 4) is 0 Å². The number of benzene rings is 1. The van der Waals surface area contributed by atoms with Crippen LogP contribution in [0.5, 0.6) is 0 Å². The number of nitrogens with zero attached hydrogens (tertiary/aromatic N) is 3. The summed E-state index contributed by atoms with van der Waals surface area (Å²) in [6, 6.07) is 6.27. The molecule has 0 spiro atoms. The molecule has 3 rings (SSSR count). The van der Waals surface area contributed by atoms with Crippen LogP contribution in [-0.4, -0.2) is 13.9 Å². The second-order valence-corrected chi connectivity index (χ2v) is 5.68. The number of fused-ring (bicyclic) bond motifs is 1. The Morgan fingerprint density at radius 1 is 1.41 bits per heavy atom. The van der Waals surface area contributed by atoms with Gasteiger partial charge in [-0.15, -0.1) is 0 Å². The number of halogens is 1. The molecule has 86 valence electrons. The van der Waals surface area contributed by atoms with Crippen molar-refractivity contribution in [2.45, 2.75) is 13.5 Å². The van der Waals surface area contributed by atoms with E-state index in [4.69, 9.17) is 0 Å². The maximum atomic E-state index is 4.51. The summed E-state index contributed by atoms with van der Waals surface area (Å²) >= 11 is 5.04. The second-order valence-electron chi connectivity index (χ2n) is 3.96. The highest BCUT2D eigenvalue weighted by Gasteiger charge is 2.07. The van der Waals surface area contributed by atoms with Crippen molar-refractivity contribution < 1.29 is 0 Å². The SMILES string of the molecule is Cc1cn(Cc2nsc3ccc(Br)cc23)cn1. The van der Waals surface area contributed by atoms with E-state index in [9.17, 15) is 0 Å². The van der Waals surface area contributed by atoms with Gasteiger partial charge in [0.05, 0.1) is 29.0 Å². The highest BCUT2D eigenvalue weighted by molar-refractivity contribution is 9.10. The zero-order valence-electron chi connectivity index (χ0n) is 9.22. The predicted octanol–water partition coefficient (Wildman–Crippen LogP) is 3.61. The highest BCUT2D eigenvalue weighted by atomic mass is 79.9. The summed E-state index contributed by atoms with van der Waals surface area (Å²) in [5.74, 6) is 0. The fraction of sp³-hybridized carbons (Fsp3) is 0.167. The molecular weight excluding hydrogens is 298 g/mol. The minimum absolute atomic E-state index is 0.775. The van der Waals surface area contributed by atoms with E-state index in [0.29, 0.717) is 0 Å². The summed E-state index contributed by atoms with van der Waals surface area (Å²) in [6.45, 7) is 2.77. The van der Waals surface area contributed by atoms with Gasteiger partial charge in [0, 0.05) is 16.1 Å². The van der Waals surface area contributed by atoms with Crippen LogP contribution in [0.4, 0.5) is 0 Å². The molecule has 1 aromatic carbocycles. The normalized spacial score (nSPS) is 11.2. The van der Waals surface area contributed by atoms with E-state index < -0.39 is 0 Å². The minimum Gasteiger partial charge on any atom is -0.331 e. The van der Waals surface area contributed by atoms with Gasteiger partial charge in [0.15, 0.2) is 0 Å². The van der Waals surface area contributed by atoms with Gasteiger partial charge in [-0.2, -0.15) is 4.37 Å². The topological polar surface area (TPSA) is 30.7 Å². The van der Waals surface area contributed by atoms with Crippen molar-refractivity contribution in [1.29, 1.82) is 0 Å². The number of rotatable bonds is 2. The molecule has 3 nitrogen and oxygen atoms in total. The third kappa shape index (κ3) is 2.12. The maximum Gasteiger partial charge on any atom is 0.0952 e. The van der Waals surface area contributed by atoms with E-state index in [1.807, 2.05) is 25.5 Å². The summed E-state index contributed by atoms with van der Waals surface area (Å²) in [4.78, 5) is 4.22. The number of hydrogen-bond acceptors (Lipinski definition) is 3. The quantitative estimate of drug-likeness (QED) is 0.724. The van der Waals surface area contributed by atoms with Crippen molar-refractivity contribution in [2.75, 3.05) is 0 Å². The van der Waals surface area contributed by atoms with Crippen LogP contribution in [0, 0.1) is 6.92 Å². The Hall–Kier alpha value is -1.20. The van der Waals surface area contributed by atoms with Crippen LogP contribution >= 0.6 is 27.5 Å². The van der Waals surface area contributed by atoms with Gasteiger partial charge in [-0.05, 0) is 36.7 Å². The first-order valence-corrected chi connectivity index (χ1v) is 6.81. The fourth-order valence-corrected chi connectivity index (χ4v) is 2.94. The first-order chi connectivity index (χ1) is 8.22. The first kappa shape index (κ1) is 10.9. The molecule has 0 N–H and O–H groups in total. The lowest BCUT2D eigenvalue weighted by Gasteiger charge is -1.99. The van der Waals surface area contributed by atoms with Gasteiger partial charge in [-0.3, -0.25) is 0 Å². The Balaban J connectivity index is 2.03. The first-order valence-electron chi connectivity index (χ1n) is 5.24. The van der Waals surface area contributed by atoms with Crippen molar-refractivity contribution in [2.24, 2.45) is 0 Å². The van der Waals surface area contributed by atoms with Crippen molar-refractivity contribution in [1.82, 2.24) is 13.9 Å². The molecule has 0 aliphatic rings. The maximum absolute atomic E-state index is 4.51. The third-order valence-electron chi connectivity index (χ3n) is 2.60. The van der Waals surface area contributed by atoms with Crippen LogP contribution in [0.3, 0.4) is 0 Å². The average molecular weight is 308 g/mol. The van der Waals surface area contributed by atoms with Gasteiger partial charge in [0.2, 0.25) is 0 Å². The van der Waals surface area contributed by atoms with Crippen LogP contribution in [0.25, 0.3) is 10.1 Å². The highest BCUT2D eigenvalue weighted by Crippen LogP contribution is 2.26. The molecule has 0 amide bonds. The van der Waals surface area contributed by atoms with E-state index >= 15 is 0 Å². The Bertz CT molecular complexity index is 671. The summed E-state index contributed by atoms with van der Waals surface area (Å²) in [5, 5.41) is 1.22. The lowest BCUT2D eigenvalue weighted by Crippen LogP contribution is -1.96. The van der Waals surface area contributed by atoms with Gasteiger partial charge >= 0.3 is 0 Å². The van der Waals surface area contributed by atoms with E-state index in [0.717, 1.165) is 22.4 Å². The Labute approximate surface area is 111 Å². The van der Waals surface area contributed by atoms with Crippen LogP contribution in [-0.2, 0) is 6.54 Å². The molecule has 2 heterocycles. The monoisotopic (exact) mass is 307 g/mol. The van der Waals surface area contributed by atoms with Gasteiger partial charge in [0.1, 0.15) is 0 Å². The number of hydrogen-bond donors (Lipinski definition) is 0. The molecule has 0 saturated heterocycles. The lowest BCUT2D eigenvalue weighted by molar-refractivity contribution is 0.787. The summed E-state index contributed by atoms with van der Waals surface area (Å²) in [7, 11) is 0. The largest absolute Gasteiger partial charge is 0.331 e. The van der Waals surface area contributed by atoms with Gasteiger partial charge < -0.3 is 4.57 Å². The van der Waals surface area contributed by atoms with E-state index in [-0.39, 0.29) is 0 Å². The Morgan fingerprint density at radius 2 is 2.29 bits per heavy atom. The Morgan fingerprint density at radius 3 is 3.06 bits per heavy atom. The number of imidazole rings is 1. The van der Waals surface area contributed by atoms with Crippen molar-refractivity contribution in [3.63, 3.8) is 0 Å². The molecule has 0 atom stereocenters. The lowest BCUT2D eigenvalue weighted by atomic mass is 10.2. The standard InChI is InChI=1S/C12H10BrN3S/c1-8-5-16(7-14-8)6-11-10-4-9(13)2-3-12(10)17-15-11/h2-5,7H,6H2,1H3. The van der Waals surface area contributed by atoms with Gasteiger partial charge in [-0.25, -0.2) is 4.98 Å². The molecule has 0 fully saturated rings. The molecular formula is C12H10BrN3S. The van der Waals surface area contributed by atoms with Gasteiger partial charge in [0.25, 0.3) is 0 Å². The number of aryl methyl sites for hydroxylation is 1. The van der Waals surface area contributed by atoms with E-state index in [1.165, 1.54) is 10.1 Å². The average Bonchev–Trinajstić information content (AvgIpc) is 2.87. The van der Waals surface area contributed by atoms with Crippen molar-refractivity contribution in [3.05, 3.63) is 46.6 Å².